The fourth-order valence-corrected chi connectivity index (χ4v) is 7.54. The van der Waals surface area contributed by atoms with Crippen molar-refractivity contribution < 1.29 is 9.53 Å². The van der Waals surface area contributed by atoms with Gasteiger partial charge in [-0.3, -0.25) is 4.79 Å². The number of ether oxygens (including phenoxy) is 1. The Kier molecular flexibility index (Phi) is 10.7. The number of halogens is 2. The van der Waals surface area contributed by atoms with Crippen LogP contribution in [0.1, 0.15) is 71.6 Å². The van der Waals surface area contributed by atoms with E-state index >= 15 is 0 Å². The molecule has 1 aliphatic rings. The van der Waals surface area contributed by atoms with E-state index in [4.69, 9.17) is 4.74 Å². The molecule has 0 aliphatic carbocycles. The van der Waals surface area contributed by atoms with Crippen LogP contribution in [0.2, 0.25) is 0 Å². The molecule has 1 aliphatic heterocycles. The summed E-state index contributed by atoms with van der Waals surface area (Å²) in [6, 6.07) is 0. The third-order valence-corrected chi connectivity index (χ3v) is 7.71. The van der Waals surface area contributed by atoms with Gasteiger partial charge in [0, 0.05) is 14.7 Å². The van der Waals surface area contributed by atoms with E-state index < -0.39 is 0 Å². The molecule has 0 aromatic heterocycles. The maximum atomic E-state index is 11.4. The topological polar surface area (TPSA) is 26.3 Å². The van der Waals surface area contributed by atoms with Gasteiger partial charge in [-0.2, -0.15) is 0 Å². The summed E-state index contributed by atoms with van der Waals surface area (Å²) >= 11 is 8.27. The van der Waals surface area contributed by atoms with Crippen LogP contribution in [0.5, 0.6) is 0 Å². The van der Waals surface area contributed by atoms with Crippen molar-refractivity contribution in [2.24, 2.45) is 5.41 Å². The molecule has 0 aromatic carbocycles. The second kappa shape index (κ2) is 11.3. The molecule has 0 saturated heterocycles. The summed E-state index contributed by atoms with van der Waals surface area (Å²) in [4.78, 5) is 11.4. The molecular weight excluding hydrogens is 475 g/mol. The number of hydrogen-bond acceptors (Lipinski definition) is 3. The Balaban J connectivity index is 2.44. The molecule has 0 saturated carbocycles. The van der Waals surface area contributed by atoms with Crippen LogP contribution in [0.25, 0.3) is 0 Å². The second-order valence-corrected chi connectivity index (χ2v) is 10.5. The van der Waals surface area contributed by atoms with Crippen molar-refractivity contribution in [1.29, 1.82) is 0 Å². The van der Waals surface area contributed by atoms with E-state index in [2.05, 4.69) is 51.5 Å². The van der Waals surface area contributed by atoms with Crippen molar-refractivity contribution in [2.45, 2.75) is 75.8 Å². The van der Waals surface area contributed by atoms with Gasteiger partial charge in [0.25, 0.3) is 0 Å². The van der Waals surface area contributed by atoms with E-state index in [9.17, 15) is 4.79 Å². The molecule has 0 fully saturated rings. The maximum absolute atomic E-state index is 11.4. The Hall–Kier alpha value is 0.770. The minimum Gasteiger partial charge on any atom is -0.466 e. The highest BCUT2D eigenvalue weighted by Crippen LogP contribution is 2.55. The van der Waals surface area contributed by atoms with Gasteiger partial charge in [0.05, 0.1) is 10.8 Å². The summed E-state index contributed by atoms with van der Waals surface area (Å²) < 4.78 is 6.89. The first-order valence-electron chi connectivity index (χ1n) is 8.38. The summed E-state index contributed by atoms with van der Waals surface area (Å²) in [7, 11) is 0. The molecule has 1 rings (SSSR count). The third-order valence-electron chi connectivity index (χ3n) is 4.14. The highest BCUT2D eigenvalue weighted by atomic mass is 127. The van der Waals surface area contributed by atoms with Gasteiger partial charge in [-0.15, -0.1) is 11.8 Å². The number of esters is 1. The van der Waals surface area contributed by atoms with Crippen molar-refractivity contribution in [2.75, 3.05) is 6.61 Å². The van der Waals surface area contributed by atoms with Crippen LogP contribution >= 0.6 is 50.3 Å². The highest BCUT2D eigenvalue weighted by molar-refractivity contribution is 14.1. The molecule has 2 nitrogen and oxygen atoms in total. The second-order valence-electron chi connectivity index (χ2n) is 5.94. The quantitative estimate of drug-likeness (QED) is 0.134. The van der Waals surface area contributed by atoms with Crippen LogP contribution in [0.4, 0.5) is 0 Å². The Morgan fingerprint density at radius 2 is 1.95 bits per heavy atom. The largest absolute Gasteiger partial charge is 0.466 e. The number of allylic oxidation sites excluding steroid dienone is 1. The maximum Gasteiger partial charge on any atom is 0.305 e. The summed E-state index contributed by atoms with van der Waals surface area (Å²) in [6.07, 6.45) is 12.7. The lowest BCUT2D eigenvalue weighted by Crippen LogP contribution is -2.24. The van der Waals surface area contributed by atoms with Crippen LogP contribution in [0.15, 0.2) is 8.99 Å². The van der Waals surface area contributed by atoms with Crippen LogP contribution in [0.3, 0.4) is 0 Å². The summed E-state index contributed by atoms with van der Waals surface area (Å²) in [5.74, 6) is -0.0548. The van der Waals surface area contributed by atoms with Gasteiger partial charge in [0.1, 0.15) is 0 Å². The SMILES string of the molecule is CCCCCCC1(CCCCC(=O)OCC)C=C(I)SC1Br. The molecule has 2 atom stereocenters. The van der Waals surface area contributed by atoms with Gasteiger partial charge >= 0.3 is 5.97 Å². The Labute approximate surface area is 161 Å². The minimum absolute atomic E-state index is 0.0548. The molecule has 0 radical (unpaired) electrons. The number of unbranched alkanes of at least 4 members (excludes halogenated alkanes) is 4. The number of thioether (sulfide) groups is 1. The molecule has 0 N–H and O–H groups in total. The van der Waals surface area contributed by atoms with Gasteiger partial charge < -0.3 is 4.74 Å². The van der Waals surface area contributed by atoms with Crippen molar-refractivity contribution in [3.05, 3.63) is 8.99 Å². The van der Waals surface area contributed by atoms with Crippen molar-refractivity contribution in [1.82, 2.24) is 0 Å². The van der Waals surface area contributed by atoms with E-state index in [-0.39, 0.29) is 11.4 Å². The van der Waals surface area contributed by atoms with E-state index in [0.717, 1.165) is 19.3 Å². The molecule has 0 spiro atoms. The van der Waals surface area contributed by atoms with Gasteiger partial charge in [-0.1, -0.05) is 61.0 Å². The average molecular weight is 503 g/mol. The Bertz CT molecular complexity index is 376. The van der Waals surface area contributed by atoms with Crippen LogP contribution in [-0.4, -0.2) is 16.7 Å². The number of alkyl halides is 1. The normalized spacial score (nSPS) is 24.4. The zero-order valence-electron chi connectivity index (χ0n) is 13.7. The molecule has 5 heteroatoms. The molecule has 22 heavy (non-hydrogen) atoms. The molecule has 0 bridgehead atoms. The standard InChI is InChI=1S/C17H28BrIO2S/c1-3-5-6-8-11-17(13-14(19)22-16(17)18)12-9-7-10-15(20)21-4-2/h13,16H,3-12H2,1-2H3. The molecule has 128 valence electrons. The minimum atomic E-state index is -0.0548. The van der Waals surface area contributed by atoms with Gasteiger partial charge in [-0.05, 0) is 48.8 Å². The number of carbonyl (C=O) groups excluding carboxylic acids is 1. The summed E-state index contributed by atoms with van der Waals surface area (Å²) in [5, 5.41) is 0. The van der Waals surface area contributed by atoms with E-state index in [1.54, 1.807) is 0 Å². The smallest absolute Gasteiger partial charge is 0.305 e. The van der Waals surface area contributed by atoms with Gasteiger partial charge in [-0.25, -0.2) is 0 Å². The molecule has 2 unspecified atom stereocenters. The lowest BCUT2D eigenvalue weighted by atomic mass is 9.80. The molecule has 0 aromatic rings. The number of hydrogen-bond donors (Lipinski definition) is 0. The first-order chi connectivity index (χ1) is 10.5. The monoisotopic (exact) mass is 502 g/mol. The number of rotatable bonds is 11. The first-order valence-corrected chi connectivity index (χ1v) is 11.3. The molecular formula is C17H28BrIO2S. The van der Waals surface area contributed by atoms with Crippen LogP contribution < -0.4 is 0 Å². The molecule has 0 amide bonds. The van der Waals surface area contributed by atoms with Crippen LogP contribution in [-0.2, 0) is 9.53 Å². The van der Waals surface area contributed by atoms with E-state index in [0.29, 0.717) is 17.2 Å². The fourth-order valence-electron chi connectivity index (χ4n) is 2.88. The summed E-state index contributed by atoms with van der Waals surface area (Å²) in [6.45, 7) is 4.61. The van der Waals surface area contributed by atoms with Gasteiger partial charge in [0.15, 0.2) is 0 Å². The third kappa shape index (κ3) is 7.12. The van der Waals surface area contributed by atoms with Crippen molar-refractivity contribution in [3.8, 4) is 0 Å². The Morgan fingerprint density at radius 3 is 2.50 bits per heavy atom. The first kappa shape index (κ1) is 20.8. The van der Waals surface area contributed by atoms with Crippen molar-refractivity contribution in [3.63, 3.8) is 0 Å². The number of carbonyl (C=O) groups is 1. The fraction of sp³-hybridized carbons (Fsp3) is 0.824. The zero-order valence-corrected chi connectivity index (χ0v) is 18.3. The predicted molar refractivity (Wildman–Crippen MR) is 109 cm³/mol. The van der Waals surface area contributed by atoms with Crippen LogP contribution in [0, 0.1) is 5.41 Å². The Morgan fingerprint density at radius 1 is 1.27 bits per heavy atom. The summed E-state index contributed by atoms with van der Waals surface area (Å²) in [5.41, 5.74) is 0.267. The van der Waals surface area contributed by atoms with E-state index in [1.807, 2.05) is 18.7 Å². The lowest BCUT2D eigenvalue weighted by Gasteiger charge is -2.31. The zero-order chi connectivity index (χ0) is 16.4. The van der Waals surface area contributed by atoms with E-state index in [1.165, 1.54) is 35.0 Å². The average Bonchev–Trinajstić information content (AvgIpc) is 2.75. The van der Waals surface area contributed by atoms with Gasteiger partial charge in [0.2, 0.25) is 0 Å². The highest BCUT2D eigenvalue weighted by Gasteiger charge is 2.40. The lowest BCUT2D eigenvalue weighted by molar-refractivity contribution is -0.143. The predicted octanol–water partition coefficient (Wildman–Crippen LogP) is 6.81. The molecule has 1 heterocycles. The van der Waals surface area contributed by atoms with Crippen molar-refractivity contribution >= 4 is 56.3 Å².